The summed E-state index contributed by atoms with van der Waals surface area (Å²) in [6, 6.07) is 2.49. The molecule has 39 heavy (non-hydrogen) atoms. The molecule has 1 aromatic carbocycles. The van der Waals surface area contributed by atoms with Gasteiger partial charge in [-0.1, -0.05) is 13.8 Å². The minimum absolute atomic E-state index is 0.0210. The summed E-state index contributed by atoms with van der Waals surface area (Å²) >= 11 is 0. The number of nitrogens with two attached hydrogens (primary N) is 4. The molecular weight excluding hydrogens is 504 g/mol. The Kier molecular flexibility index (Phi) is 5.52. The Bertz CT molecular complexity index is 1250. The van der Waals surface area contributed by atoms with Crippen LogP contribution in [0.25, 0.3) is 0 Å². The zero-order valence-electron chi connectivity index (χ0n) is 23.2. The summed E-state index contributed by atoms with van der Waals surface area (Å²) < 4.78 is 27.9. The van der Waals surface area contributed by atoms with Gasteiger partial charge in [0.2, 0.25) is 0 Å². The van der Waals surface area contributed by atoms with Gasteiger partial charge in [-0.25, -0.2) is 8.78 Å². The van der Waals surface area contributed by atoms with Gasteiger partial charge >= 0.3 is 0 Å². The Labute approximate surface area is 228 Å². The van der Waals surface area contributed by atoms with E-state index in [-0.39, 0.29) is 23.9 Å². The van der Waals surface area contributed by atoms with E-state index in [1.807, 2.05) is 6.92 Å². The molecule has 5 aliphatic rings. The van der Waals surface area contributed by atoms with E-state index in [4.69, 9.17) is 22.9 Å². The van der Waals surface area contributed by atoms with Crippen LogP contribution in [-0.4, -0.2) is 45.2 Å². The van der Waals surface area contributed by atoms with Gasteiger partial charge < -0.3 is 28.0 Å². The van der Waals surface area contributed by atoms with E-state index in [9.17, 15) is 18.7 Å². The summed E-state index contributed by atoms with van der Waals surface area (Å²) in [5.74, 6) is -2.36. The van der Waals surface area contributed by atoms with Gasteiger partial charge in [-0.05, 0) is 82.3 Å². The van der Waals surface area contributed by atoms with Crippen LogP contribution in [0.15, 0.2) is 12.1 Å². The lowest BCUT2D eigenvalue weighted by Gasteiger charge is -2.76. The molecule has 0 bridgehead atoms. The van der Waals surface area contributed by atoms with Gasteiger partial charge in [-0.15, -0.1) is 5.53 Å². The number of nitrogens with one attached hydrogen (secondary N) is 2. The van der Waals surface area contributed by atoms with Crippen LogP contribution < -0.4 is 38.9 Å². The van der Waals surface area contributed by atoms with Crippen LogP contribution in [0, 0.1) is 28.4 Å². The first-order chi connectivity index (χ1) is 18.0. The van der Waals surface area contributed by atoms with Crippen molar-refractivity contribution < 1.29 is 18.7 Å². The van der Waals surface area contributed by atoms with Gasteiger partial charge in [0.1, 0.15) is 5.69 Å². The van der Waals surface area contributed by atoms with Crippen LogP contribution >= 0.6 is 0 Å². The number of rotatable bonds is 3. The predicted molar refractivity (Wildman–Crippen MR) is 145 cm³/mol. The molecule has 1 aliphatic heterocycles. The maximum Gasteiger partial charge on any atom is 0.185 e. The number of anilines is 2. The number of hydrogen-bond donors (Lipinski definition) is 7. The average Bonchev–Trinajstić information content (AvgIpc) is 3.39. The summed E-state index contributed by atoms with van der Waals surface area (Å²) in [6.45, 7) is 6.02. The van der Waals surface area contributed by atoms with Crippen molar-refractivity contribution >= 4 is 17.2 Å². The molecule has 1 heterocycles. The molecule has 0 amide bonds. The van der Waals surface area contributed by atoms with Crippen molar-refractivity contribution in [2.75, 3.05) is 17.0 Å². The minimum atomic E-state index is -0.994. The van der Waals surface area contributed by atoms with Crippen LogP contribution in [0.2, 0.25) is 0 Å². The van der Waals surface area contributed by atoms with Crippen molar-refractivity contribution in [3.8, 4) is 0 Å². The quantitative estimate of drug-likeness (QED) is 0.299. The van der Waals surface area contributed by atoms with Crippen LogP contribution in [0.5, 0.6) is 0 Å². The molecule has 0 spiro atoms. The highest BCUT2D eigenvalue weighted by atomic mass is 19.2. The Morgan fingerprint density at radius 2 is 1.67 bits per heavy atom. The van der Waals surface area contributed by atoms with Gasteiger partial charge in [0.05, 0.1) is 23.4 Å². The molecule has 9 nitrogen and oxygen atoms in total. The third kappa shape index (κ3) is 3.12. The molecule has 0 aromatic heterocycles. The SMILES string of the molecule is C[C@@]1(O)CC[C@@]2(C)[C@](N)(CCC3(N)[C@]2(N)CC[C@]2(C)[C@@H](C(=O)CN4NNc5c4ccc(F)c5F)CC[C@@]32N)C1. The molecule has 1 unspecified atom stereocenters. The fraction of sp³-hybridized carbons (Fsp3) is 0.750. The summed E-state index contributed by atoms with van der Waals surface area (Å²) in [4.78, 5) is 13.9. The van der Waals surface area contributed by atoms with Crippen molar-refractivity contribution in [2.24, 2.45) is 39.7 Å². The molecule has 0 saturated heterocycles. The number of carbonyl (C=O) groups excluding carboxylic acids is 1. The van der Waals surface area contributed by atoms with E-state index < -0.39 is 50.2 Å². The highest BCUT2D eigenvalue weighted by Crippen LogP contribution is 2.70. The van der Waals surface area contributed by atoms with Crippen LogP contribution in [0.1, 0.15) is 78.6 Å². The minimum Gasteiger partial charge on any atom is -0.390 e. The van der Waals surface area contributed by atoms with Crippen molar-refractivity contribution in [1.82, 2.24) is 5.53 Å². The van der Waals surface area contributed by atoms with E-state index in [0.29, 0.717) is 63.5 Å². The maximum atomic E-state index is 14.2. The van der Waals surface area contributed by atoms with E-state index in [1.54, 1.807) is 0 Å². The standard InChI is InChI=1S/C28H43F2N7O2/c1-22(39)8-10-24(3)25(31,15-22)11-13-28(34)26(32)7-6-16(23(26,2)9-12-27(24,28)33)19(38)14-37-18-5-4-17(29)20(30)21(18)35-36-37/h4-5,16,35-36,39H,6-15,31-34H2,1-3H3/t16-,22-,23-,24+,25+,26+,27+,28?/m1/s1. The molecule has 4 aliphatic carbocycles. The molecule has 11 N–H and O–H groups in total. The van der Waals surface area contributed by atoms with E-state index in [0.717, 1.165) is 6.07 Å². The molecule has 6 rings (SSSR count). The van der Waals surface area contributed by atoms with Gasteiger partial charge in [-0.3, -0.25) is 15.2 Å². The zero-order chi connectivity index (χ0) is 28.4. The molecule has 0 radical (unpaired) electrons. The second-order valence-electron chi connectivity index (χ2n) is 14.1. The zero-order valence-corrected chi connectivity index (χ0v) is 23.2. The molecule has 8 atom stereocenters. The van der Waals surface area contributed by atoms with Crippen molar-refractivity contribution in [3.05, 3.63) is 23.8 Å². The number of benzene rings is 1. The monoisotopic (exact) mass is 547 g/mol. The molecule has 1 aromatic rings. The van der Waals surface area contributed by atoms with Gasteiger partial charge in [0, 0.05) is 27.9 Å². The fourth-order valence-electron chi connectivity index (χ4n) is 9.87. The van der Waals surface area contributed by atoms with E-state index in [1.165, 1.54) is 11.1 Å². The van der Waals surface area contributed by atoms with Crippen LogP contribution in [0.3, 0.4) is 0 Å². The normalized spacial score (nSPS) is 48.6. The first kappa shape index (κ1) is 27.3. The third-order valence-electron chi connectivity index (χ3n) is 12.5. The first-order valence-electron chi connectivity index (χ1n) is 14.2. The summed E-state index contributed by atoms with van der Waals surface area (Å²) in [7, 11) is 0. The average molecular weight is 548 g/mol. The lowest BCUT2D eigenvalue weighted by Crippen LogP contribution is -2.93. The number of fused-ring (bicyclic) bond motifs is 6. The van der Waals surface area contributed by atoms with Crippen molar-refractivity contribution in [1.29, 1.82) is 0 Å². The summed E-state index contributed by atoms with van der Waals surface area (Å²) in [5, 5.41) is 12.4. The predicted octanol–water partition coefficient (Wildman–Crippen LogP) is 1.92. The maximum absolute atomic E-state index is 14.2. The first-order valence-corrected chi connectivity index (χ1v) is 14.2. The number of hydrazine groups is 2. The largest absolute Gasteiger partial charge is 0.390 e. The number of nitrogens with zero attached hydrogens (tertiary/aromatic N) is 1. The number of hydrogen-bond acceptors (Lipinski definition) is 9. The lowest BCUT2D eigenvalue weighted by atomic mass is 9.34. The Hall–Kier alpha value is -1.89. The van der Waals surface area contributed by atoms with E-state index in [2.05, 4.69) is 24.8 Å². The molecule has 4 saturated carbocycles. The Balaban J connectivity index is 1.30. The molecular formula is C28H43F2N7O2. The Morgan fingerprint density at radius 1 is 0.974 bits per heavy atom. The van der Waals surface area contributed by atoms with Crippen LogP contribution in [-0.2, 0) is 4.79 Å². The van der Waals surface area contributed by atoms with Gasteiger partial charge in [0.15, 0.2) is 17.4 Å². The van der Waals surface area contributed by atoms with Gasteiger partial charge in [-0.2, -0.15) is 0 Å². The second-order valence-corrected chi connectivity index (χ2v) is 14.1. The van der Waals surface area contributed by atoms with E-state index >= 15 is 0 Å². The smallest absolute Gasteiger partial charge is 0.185 e. The second kappa shape index (κ2) is 7.89. The number of halogens is 2. The highest BCUT2D eigenvalue weighted by Gasteiger charge is 2.79. The molecule has 11 heteroatoms. The van der Waals surface area contributed by atoms with Crippen molar-refractivity contribution in [3.63, 3.8) is 0 Å². The summed E-state index contributed by atoms with van der Waals surface area (Å²) in [6.07, 6.45) is 5.18. The highest BCUT2D eigenvalue weighted by molar-refractivity contribution is 5.89. The molecule has 4 fully saturated rings. The number of ketones is 1. The molecule has 216 valence electrons. The number of aliphatic hydroxyl groups is 1. The summed E-state index contributed by atoms with van der Waals surface area (Å²) in [5.41, 5.74) is 29.8. The third-order valence-corrected chi connectivity index (χ3v) is 12.5. The number of carbonyl (C=O) groups is 1. The van der Waals surface area contributed by atoms with Crippen LogP contribution in [0.4, 0.5) is 20.2 Å². The lowest BCUT2D eigenvalue weighted by molar-refractivity contribution is -0.186. The topological polar surface area (TPSA) is 169 Å². The Morgan fingerprint density at radius 3 is 2.38 bits per heavy atom. The van der Waals surface area contributed by atoms with Crippen molar-refractivity contribution in [2.45, 2.75) is 106 Å². The fourth-order valence-corrected chi connectivity index (χ4v) is 9.87. The number of Topliss-reactive ketones (excluding diaryl/α,β-unsaturated/α-hetero) is 1. The van der Waals surface area contributed by atoms with Gasteiger partial charge in [0.25, 0.3) is 0 Å².